The van der Waals surface area contributed by atoms with Crippen molar-refractivity contribution in [3.05, 3.63) is 19.2 Å². The first kappa shape index (κ1) is 12.6. The van der Waals surface area contributed by atoms with Gasteiger partial charge >= 0.3 is 0 Å². The van der Waals surface area contributed by atoms with Crippen LogP contribution in [0.25, 0.3) is 0 Å². The minimum absolute atomic E-state index is 0.387. The zero-order valence-corrected chi connectivity index (χ0v) is 13.6. The summed E-state index contributed by atoms with van der Waals surface area (Å²) in [5, 5.41) is 0. The lowest BCUT2D eigenvalue weighted by Crippen LogP contribution is -2.07. The third-order valence-electron chi connectivity index (χ3n) is 2.51. The van der Waals surface area contributed by atoms with Crippen LogP contribution < -0.4 is 0 Å². The van der Waals surface area contributed by atoms with Gasteiger partial charge in [0.05, 0.1) is 13.7 Å². The maximum Gasteiger partial charge on any atom is 0.0753 e. The Morgan fingerprint density at radius 3 is 2.87 bits per heavy atom. The van der Waals surface area contributed by atoms with E-state index in [2.05, 4.69) is 53.9 Å². The number of thiophene rings is 1. The Labute approximate surface area is 119 Å². The van der Waals surface area contributed by atoms with E-state index in [0.717, 1.165) is 13.0 Å². The minimum atomic E-state index is 0.387. The number of hydrogen-bond donors (Lipinski definition) is 0. The van der Waals surface area contributed by atoms with Crippen LogP contribution in [0.15, 0.2) is 13.6 Å². The zero-order chi connectivity index (χ0) is 10.8. The van der Waals surface area contributed by atoms with Crippen molar-refractivity contribution in [3.8, 4) is 0 Å². The molecular formula is C10H11Br3OS. The lowest BCUT2D eigenvalue weighted by molar-refractivity contribution is 0.104. The van der Waals surface area contributed by atoms with Crippen molar-refractivity contribution >= 4 is 59.1 Å². The molecule has 2 unspecified atom stereocenters. The third-order valence-corrected chi connectivity index (χ3v) is 5.77. The second kappa shape index (κ2) is 5.63. The SMILES string of the molecule is Brc1cc(C(Br)CC2CCCO2)c(Br)s1. The molecule has 84 valence electrons. The summed E-state index contributed by atoms with van der Waals surface area (Å²) in [5.41, 5.74) is 1.32. The summed E-state index contributed by atoms with van der Waals surface area (Å²) in [5.74, 6) is 0. The molecule has 0 saturated carbocycles. The van der Waals surface area contributed by atoms with Gasteiger partial charge in [0.1, 0.15) is 0 Å². The molecule has 1 aromatic heterocycles. The number of alkyl halides is 1. The van der Waals surface area contributed by atoms with Gasteiger partial charge in [-0.25, -0.2) is 0 Å². The first-order chi connectivity index (χ1) is 7.16. The van der Waals surface area contributed by atoms with Gasteiger partial charge in [0, 0.05) is 11.4 Å². The molecule has 2 atom stereocenters. The van der Waals surface area contributed by atoms with E-state index in [1.54, 1.807) is 11.3 Å². The van der Waals surface area contributed by atoms with Crippen LogP contribution in [-0.2, 0) is 4.74 Å². The van der Waals surface area contributed by atoms with Crippen LogP contribution in [0.3, 0.4) is 0 Å². The topological polar surface area (TPSA) is 9.23 Å². The van der Waals surface area contributed by atoms with Crippen molar-refractivity contribution in [2.24, 2.45) is 0 Å². The summed E-state index contributed by atoms with van der Waals surface area (Å²) < 4.78 is 8.01. The summed E-state index contributed by atoms with van der Waals surface area (Å²) in [6.07, 6.45) is 3.89. The summed E-state index contributed by atoms with van der Waals surface area (Å²) in [4.78, 5) is 0.387. The predicted octanol–water partition coefficient (Wildman–Crippen LogP) is 5.28. The molecule has 1 aromatic rings. The molecule has 2 rings (SSSR count). The normalized spacial score (nSPS) is 23.3. The minimum Gasteiger partial charge on any atom is -0.378 e. The molecule has 1 nitrogen and oxygen atoms in total. The molecule has 0 N–H and O–H groups in total. The Morgan fingerprint density at radius 2 is 2.33 bits per heavy atom. The Balaban J connectivity index is 2.00. The van der Waals surface area contributed by atoms with Crippen LogP contribution in [0, 0.1) is 0 Å². The molecular weight excluding hydrogens is 408 g/mol. The summed E-state index contributed by atoms with van der Waals surface area (Å²) in [7, 11) is 0. The van der Waals surface area contributed by atoms with Gasteiger partial charge < -0.3 is 4.74 Å². The lowest BCUT2D eigenvalue weighted by Gasteiger charge is -2.14. The van der Waals surface area contributed by atoms with Crippen molar-refractivity contribution in [1.29, 1.82) is 0 Å². The van der Waals surface area contributed by atoms with Crippen LogP contribution in [0.5, 0.6) is 0 Å². The Kier molecular flexibility index (Phi) is 4.71. The number of rotatable bonds is 3. The zero-order valence-electron chi connectivity index (χ0n) is 8.01. The Morgan fingerprint density at radius 1 is 1.53 bits per heavy atom. The van der Waals surface area contributed by atoms with E-state index in [0.29, 0.717) is 10.9 Å². The van der Waals surface area contributed by atoms with Gasteiger partial charge in [-0.3, -0.25) is 0 Å². The molecule has 1 aliphatic rings. The van der Waals surface area contributed by atoms with E-state index in [1.807, 2.05) is 0 Å². The lowest BCUT2D eigenvalue weighted by atomic mass is 10.1. The van der Waals surface area contributed by atoms with E-state index in [9.17, 15) is 0 Å². The highest BCUT2D eigenvalue weighted by molar-refractivity contribution is 9.12. The average molecular weight is 419 g/mol. The van der Waals surface area contributed by atoms with Crippen molar-refractivity contribution in [1.82, 2.24) is 0 Å². The second-order valence-corrected chi connectivity index (χ2v) is 8.47. The van der Waals surface area contributed by atoms with Crippen LogP contribution in [-0.4, -0.2) is 12.7 Å². The molecule has 0 spiro atoms. The second-order valence-electron chi connectivity index (χ2n) is 3.62. The van der Waals surface area contributed by atoms with Gasteiger partial charge in [0.2, 0.25) is 0 Å². The van der Waals surface area contributed by atoms with E-state index >= 15 is 0 Å². The van der Waals surface area contributed by atoms with Gasteiger partial charge in [0.15, 0.2) is 0 Å². The molecule has 0 aliphatic carbocycles. The fourth-order valence-corrected chi connectivity index (χ4v) is 5.97. The van der Waals surface area contributed by atoms with Crippen molar-refractivity contribution in [2.75, 3.05) is 6.61 Å². The number of hydrogen-bond acceptors (Lipinski definition) is 2. The van der Waals surface area contributed by atoms with Crippen LogP contribution in [0.2, 0.25) is 0 Å². The van der Waals surface area contributed by atoms with Gasteiger partial charge in [-0.15, -0.1) is 11.3 Å². The molecule has 2 heterocycles. The molecule has 0 aromatic carbocycles. The maximum absolute atomic E-state index is 5.64. The standard InChI is InChI=1S/C10H11Br3OS/c11-8(4-6-2-1-3-14-6)7-5-9(12)15-10(7)13/h5-6,8H,1-4H2. The molecule has 1 aliphatic heterocycles. The number of halogens is 3. The Hall–Kier alpha value is 1.10. The first-order valence-corrected chi connectivity index (χ1v) is 8.19. The van der Waals surface area contributed by atoms with Crippen LogP contribution >= 0.6 is 59.1 Å². The third kappa shape index (κ3) is 3.28. The number of ether oxygens (including phenoxy) is 1. The highest BCUT2D eigenvalue weighted by atomic mass is 79.9. The van der Waals surface area contributed by atoms with Crippen molar-refractivity contribution < 1.29 is 4.74 Å². The summed E-state index contributed by atoms with van der Waals surface area (Å²) in [6, 6.07) is 2.17. The predicted molar refractivity (Wildman–Crippen MR) is 75.0 cm³/mol. The smallest absolute Gasteiger partial charge is 0.0753 e. The van der Waals surface area contributed by atoms with Crippen LogP contribution in [0.4, 0.5) is 0 Å². The summed E-state index contributed by atoms with van der Waals surface area (Å²) in [6.45, 7) is 0.929. The average Bonchev–Trinajstić information content (AvgIpc) is 2.75. The molecule has 0 amide bonds. The quantitative estimate of drug-likeness (QED) is 0.607. The van der Waals surface area contributed by atoms with Gasteiger partial charge in [0.25, 0.3) is 0 Å². The van der Waals surface area contributed by atoms with Crippen molar-refractivity contribution in [2.45, 2.75) is 30.2 Å². The van der Waals surface area contributed by atoms with Crippen LogP contribution in [0.1, 0.15) is 29.7 Å². The molecule has 0 radical (unpaired) electrons. The van der Waals surface area contributed by atoms with Gasteiger partial charge in [-0.1, -0.05) is 15.9 Å². The highest BCUT2D eigenvalue weighted by Crippen LogP contribution is 2.41. The monoisotopic (exact) mass is 416 g/mol. The highest BCUT2D eigenvalue weighted by Gasteiger charge is 2.22. The molecule has 5 heteroatoms. The van der Waals surface area contributed by atoms with E-state index in [-0.39, 0.29) is 0 Å². The maximum atomic E-state index is 5.64. The molecule has 15 heavy (non-hydrogen) atoms. The fourth-order valence-electron chi connectivity index (χ4n) is 1.75. The van der Waals surface area contributed by atoms with Gasteiger partial charge in [-0.05, 0) is 62.8 Å². The molecule has 0 bridgehead atoms. The van der Waals surface area contributed by atoms with E-state index in [1.165, 1.54) is 26.0 Å². The molecule has 1 fully saturated rings. The first-order valence-electron chi connectivity index (χ1n) is 4.87. The summed E-state index contributed by atoms with van der Waals surface area (Å²) >= 11 is 12.5. The molecule has 1 saturated heterocycles. The largest absolute Gasteiger partial charge is 0.378 e. The Bertz CT molecular complexity index is 333. The fraction of sp³-hybridized carbons (Fsp3) is 0.600. The van der Waals surface area contributed by atoms with Crippen molar-refractivity contribution in [3.63, 3.8) is 0 Å². The van der Waals surface area contributed by atoms with E-state index in [4.69, 9.17) is 4.74 Å². The van der Waals surface area contributed by atoms with Gasteiger partial charge in [-0.2, -0.15) is 0 Å². The van der Waals surface area contributed by atoms with E-state index < -0.39 is 0 Å².